The number of hydrogen-bond acceptors (Lipinski definition) is 2. The quantitative estimate of drug-likeness (QED) is 0.723. The molecule has 0 aliphatic heterocycles. The molecule has 3 aliphatic carbocycles. The molecule has 2 saturated carbocycles. The van der Waals surface area contributed by atoms with E-state index in [-0.39, 0.29) is 11.5 Å². The number of aliphatic hydroxyl groups excluding tert-OH is 1. The maximum atomic E-state index is 11.2. The van der Waals surface area contributed by atoms with Crippen LogP contribution in [0.1, 0.15) is 72.6 Å². The molecule has 3 aliphatic rings. The summed E-state index contributed by atoms with van der Waals surface area (Å²) in [4.78, 5) is 11.2. The summed E-state index contributed by atoms with van der Waals surface area (Å²) in [5.41, 5.74) is 1.77. The van der Waals surface area contributed by atoms with Crippen molar-refractivity contribution >= 4 is 6.29 Å². The van der Waals surface area contributed by atoms with E-state index in [1.807, 2.05) is 0 Å². The van der Waals surface area contributed by atoms with Gasteiger partial charge in [0.1, 0.15) is 6.29 Å². The Morgan fingerprint density at radius 1 is 1.18 bits per heavy atom. The lowest BCUT2D eigenvalue weighted by Gasteiger charge is -2.66. The van der Waals surface area contributed by atoms with Crippen molar-refractivity contribution in [3.05, 3.63) is 11.6 Å². The molecule has 0 saturated heterocycles. The van der Waals surface area contributed by atoms with Gasteiger partial charge in [-0.05, 0) is 65.8 Å². The molecule has 0 spiro atoms. The largest absolute Gasteiger partial charge is 0.392 e. The Kier molecular flexibility index (Phi) is 3.83. The van der Waals surface area contributed by atoms with Crippen molar-refractivity contribution in [1.29, 1.82) is 0 Å². The van der Waals surface area contributed by atoms with Crippen LogP contribution < -0.4 is 0 Å². The first-order valence-corrected chi connectivity index (χ1v) is 9.07. The molecule has 0 amide bonds. The predicted molar refractivity (Wildman–Crippen MR) is 89.4 cm³/mol. The minimum atomic E-state index is -0.338. The van der Waals surface area contributed by atoms with Gasteiger partial charge in [0.2, 0.25) is 0 Å². The molecule has 124 valence electrons. The lowest BCUT2D eigenvalue weighted by molar-refractivity contribution is -0.181. The standard InChI is InChI=1S/C20H32O2/c1-18(2)9-5-10-19(3)16-7-6-14(13-21)12-17(22)15(16)8-11-20(18,19)4/h6,13,15-17,22H,5,7-12H2,1-4H3. The first-order valence-electron chi connectivity index (χ1n) is 9.07. The fraction of sp³-hybridized carbons (Fsp3) is 0.850. The van der Waals surface area contributed by atoms with Crippen LogP contribution >= 0.6 is 0 Å². The lowest BCUT2D eigenvalue weighted by Crippen LogP contribution is -2.59. The Hall–Kier alpha value is -0.630. The molecule has 2 nitrogen and oxygen atoms in total. The van der Waals surface area contributed by atoms with E-state index in [0.717, 1.165) is 24.7 Å². The number of allylic oxidation sites excluding steroid dienone is 1. The van der Waals surface area contributed by atoms with E-state index in [0.29, 0.717) is 29.1 Å². The lowest BCUT2D eigenvalue weighted by atomic mass is 9.38. The average molecular weight is 304 g/mol. The van der Waals surface area contributed by atoms with E-state index < -0.39 is 0 Å². The smallest absolute Gasteiger partial charge is 0.145 e. The van der Waals surface area contributed by atoms with Gasteiger partial charge in [-0.15, -0.1) is 0 Å². The highest BCUT2D eigenvalue weighted by Gasteiger charge is 2.62. The van der Waals surface area contributed by atoms with Crippen LogP contribution in [-0.2, 0) is 4.79 Å². The molecule has 5 atom stereocenters. The Labute approximate surface area is 135 Å². The molecule has 2 heteroatoms. The summed E-state index contributed by atoms with van der Waals surface area (Å²) in [6.45, 7) is 9.89. The Morgan fingerprint density at radius 3 is 2.59 bits per heavy atom. The van der Waals surface area contributed by atoms with Crippen molar-refractivity contribution in [2.24, 2.45) is 28.1 Å². The normalized spacial score (nSPS) is 47.7. The first-order chi connectivity index (χ1) is 10.2. The van der Waals surface area contributed by atoms with Crippen LogP contribution in [0.2, 0.25) is 0 Å². The molecule has 0 aromatic rings. The second-order valence-electron chi connectivity index (χ2n) is 9.20. The number of carbonyl (C=O) groups is 1. The first kappa shape index (κ1) is 16.2. The maximum Gasteiger partial charge on any atom is 0.145 e. The SMILES string of the molecule is CC1(C)CCCC2(C)C3CC=C(C=O)CC(O)C3CCC12C. The summed E-state index contributed by atoms with van der Waals surface area (Å²) in [7, 11) is 0. The van der Waals surface area contributed by atoms with Crippen molar-refractivity contribution in [2.75, 3.05) is 0 Å². The van der Waals surface area contributed by atoms with Crippen LogP contribution in [0.3, 0.4) is 0 Å². The Balaban J connectivity index is 2.02. The second-order valence-corrected chi connectivity index (χ2v) is 9.20. The van der Waals surface area contributed by atoms with Crippen LogP contribution in [0.25, 0.3) is 0 Å². The van der Waals surface area contributed by atoms with Crippen molar-refractivity contribution in [3.63, 3.8) is 0 Å². The summed E-state index contributed by atoms with van der Waals surface area (Å²) in [6.07, 6.45) is 10.5. The maximum absolute atomic E-state index is 11.2. The summed E-state index contributed by atoms with van der Waals surface area (Å²) in [6, 6.07) is 0. The zero-order valence-corrected chi connectivity index (χ0v) is 14.7. The number of carbonyl (C=O) groups excluding carboxylic acids is 1. The van der Waals surface area contributed by atoms with Crippen molar-refractivity contribution < 1.29 is 9.90 Å². The summed E-state index contributed by atoms with van der Waals surface area (Å²) >= 11 is 0. The predicted octanol–water partition coefficient (Wildman–Crippen LogP) is 4.52. The molecule has 5 unspecified atom stereocenters. The summed E-state index contributed by atoms with van der Waals surface area (Å²) in [5.74, 6) is 0.874. The van der Waals surface area contributed by atoms with Gasteiger partial charge in [0.15, 0.2) is 0 Å². The molecule has 3 rings (SSSR count). The minimum absolute atomic E-state index is 0.271. The third-order valence-electron chi connectivity index (χ3n) is 8.29. The molecular weight excluding hydrogens is 272 g/mol. The van der Waals surface area contributed by atoms with E-state index in [2.05, 4.69) is 33.8 Å². The highest BCUT2D eigenvalue weighted by atomic mass is 16.3. The van der Waals surface area contributed by atoms with Crippen molar-refractivity contribution in [1.82, 2.24) is 0 Å². The third-order valence-corrected chi connectivity index (χ3v) is 8.29. The molecule has 0 aromatic heterocycles. The highest BCUT2D eigenvalue weighted by Crippen LogP contribution is 2.69. The zero-order chi connectivity index (χ0) is 16.2. The van der Waals surface area contributed by atoms with Crippen molar-refractivity contribution in [3.8, 4) is 0 Å². The van der Waals surface area contributed by atoms with Gasteiger partial charge in [-0.1, -0.05) is 40.2 Å². The second kappa shape index (κ2) is 5.19. The molecule has 22 heavy (non-hydrogen) atoms. The van der Waals surface area contributed by atoms with Gasteiger partial charge in [-0.25, -0.2) is 0 Å². The fourth-order valence-corrected chi connectivity index (χ4v) is 6.32. The Bertz CT molecular complexity index is 492. The number of aldehydes is 1. The molecule has 0 aromatic carbocycles. The molecular formula is C20H32O2. The van der Waals surface area contributed by atoms with Crippen LogP contribution in [-0.4, -0.2) is 17.5 Å². The van der Waals surface area contributed by atoms with Gasteiger partial charge >= 0.3 is 0 Å². The topological polar surface area (TPSA) is 37.3 Å². The zero-order valence-electron chi connectivity index (χ0n) is 14.7. The number of rotatable bonds is 1. The van der Waals surface area contributed by atoms with E-state index in [1.165, 1.54) is 25.7 Å². The van der Waals surface area contributed by atoms with Crippen LogP contribution in [0, 0.1) is 28.1 Å². The third kappa shape index (κ3) is 2.06. The van der Waals surface area contributed by atoms with E-state index in [9.17, 15) is 9.90 Å². The number of hydrogen-bond donors (Lipinski definition) is 1. The molecule has 0 radical (unpaired) electrons. The van der Waals surface area contributed by atoms with Crippen LogP contribution in [0.5, 0.6) is 0 Å². The molecule has 0 bridgehead atoms. The molecule has 2 fully saturated rings. The van der Waals surface area contributed by atoms with Gasteiger partial charge in [0, 0.05) is 6.42 Å². The van der Waals surface area contributed by atoms with Gasteiger partial charge in [-0.3, -0.25) is 4.79 Å². The number of aliphatic hydroxyl groups is 1. The fourth-order valence-electron chi connectivity index (χ4n) is 6.32. The van der Waals surface area contributed by atoms with Gasteiger partial charge < -0.3 is 5.11 Å². The van der Waals surface area contributed by atoms with Crippen LogP contribution in [0.15, 0.2) is 11.6 Å². The molecule has 1 N–H and O–H groups in total. The van der Waals surface area contributed by atoms with Gasteiger partial charge in [-0.2, -0.15) is 0 Å². The van der Waals surface area contributed by atoms with Crippen LogP contribution in [0.4, 0.5) is 0 Å². The van der Waals surface area contributed by atoms with E-state index in [1.54, 1.807) is 0 Å². The average Bonchev–Trinajstić information content (AvgIpc) is 2.61. The minimum Gasteiger partial charge on any atom is -0.392 e. The number of fused-ring (bicyclic) bond motifs is 3. The van der Waals surface area contributed by atoms with Gasteiger partial charge in [0.25, 0.3) is 0 Å². The Morgan fingerprint density at radius 2 is 1.91 bits per heavy atom. The monoisotopic (exact) mass is 304 g/mol. The summed E-state index contributed by atoms with van der Waals surface area (Å²) < 4.78 is 0. The molecule has 0 heterocycles. The van der Waals surface area contributed by atoms with E-state index in [4.69, 9.17) is 0 Å². The van der Waals surface area contributed by atoms with Crippen molar-refractivity contribution in [2.45, 2.75) is 78.7 Å². The van der Waals surface area contributed by atoms with Gasteiger partial charge in [0.05, 0.1) is 6.10 Å². The van der Waals surface area contributed by atoms with E-state index >= 15 is 0 Å². The summed E-state index contributed by atoms with van der Waals surface area (Å²) in [5, 5.41) is 10.7. The highest BCUT2D eigenvalue weighted by molar-refractivity contribution is 5.73.